The van der Waals surface area contributed by atoms with Gasteiger partial charge in [0, 0.05) is 6.04 Å². The van der Waals surface area contributed by atoms with Gasteiger partial charge in [0.2, 0.25) is 0 Å². The molecule has 8 saturated carbocycles. The highest BCUT2D eigenvalue weighted by Gasteiger charge is 2.69. The molecule has 8 fully saturated rings. The third-order valence-electron chi connectivity index (χ3n) is 16.7. The lowest BCUT2D eigenvalue weighted by Gasteiger charge is -2.51. The largest absolute Gasteiger partial charge is 0.327 e. The molecule has 0 heterocycles. The molecule has 13 atom stereocenters. The number of nitrogens with two attached hydrogens (primary N) is 1. The van der Waals surface area contributed by atoms with Crippen LogP contribution in [0.2, 0.25) is 0 Å². The molecule has 1 spiro atoms. The van der Waals surface area contributed by atoms with E-state index in [1.807, 2.05) is 0 Å². The molecule has 238 valence electrons. The van der Waals surface area contributed by atoms with Crippen LogP contribution in [0.4, 0.5) is 0 Å². The van der Waals surface area contributed by atoms with Crippen LogP contribution in [0, 0.1) is 76.4 Å². The van der Waals surface area contributed by atoms with Gasteiger partial charge in [0.05, 0.1) is 0 Å². The molecule has 8 rings (SSSR count). The molecule has 8 aliphatic carbocycles. The van der Waals surface area contributed by atoms with Crippen molar-refractivity contribution in [1.82, 2.24) is 0 Å². The Labute approximate surface area is 261 Å². The second kappa shape index (κ2) is 12.6. The third-order valence-corrected chi connectivity index (χ3v) is 16.7. The fourth-order valence-corrected chi connectivity index (χ4v) is 14.9. The summed E-state index contributed by atoms with van der Waals surface area (Å²) in [6, 6.07) is 0.520. The maximum atomic E-state index is 7.12. The smallest absolute Gasteiger partial charge is 0.00700 e. The highest BCUT2D eigenvalue weighted by molar-refractivity contribution is 5.18. The van der Waals surface area contributed by atoms with E-state index >= 15 is 0 Å². The lowest BCUT2D eigenvalue weighted by Crippen LogP contribution is -2.48. The van der Waals surface area contributed by atoms with Crippen molar-refractivity contribution >= 4 is 0 Å². The average molecular weight is 576 g/mol. The number of hydrogen-bond acceptors (Lipinski definition) is 1. The molecular formula is C41H69N. The Morgan fingerprint density at radius 1 is 0.524 bits per heavy atom. The van der Waals surface area contributed by atoms with Gasteiger partial charge in [-0.1, -0.05) is 96.3 Å². The van der Waals surface area contributed by atoms with Crippen LogP contribution in [0.5, 0.6) is 0 Å². The molecule has 13 unspecified atom stereocenters. The Morgan fingerprint density at radius 2 is 1.24 bits per heavy atom. The summed E-state index contributed by atoms with van der Waals surface area (Å²) < 4.78 is 0. The molecule has 0 aromatic carbocycles. The van der Waals surface area contributed by atoms with E-state index in [9.17, 15) is 0 Å². The SMILES string of the molecule is NC1CCCCC1C1C(CC2CCCC(CCCC3CCC4CCCCC4C3)C2)CCC2C3CCCCC3C3(CC3)C21. The minimum absolute atomic E-state index is 0.520. The highest BCUT2D eigenvalue weighted by atomic mass is 14.8. The third kappa shape index (κ3) is 5.61. The molecule has 42 heavy (non-hydrogen) atoms. The van der Waals surface area contributed by atoms with E-state index in [2.05, 4.69) is 0 Å². The Bertz CT molecular complexity index is 889. The van der Waals surface area contributed by atoms with Crippen molar-refractivity contribution in [2.24, 2.45) is 82.2 Å². The van der Waals surface area contributed by atoms with Crippen molar-refractivity contribution in [3.63, 3.8) is 0 Å². The monoisotopic (exact) mass is 576 g/mol. The summed E-state index contributed by atoms with van der Waals surface area (Å²) in [5.41, 5.74) is 7.91. The highest BCUT2D eigenvalue weighted by Crippen LogP contribution is 2.76. The number of fused-ring (bicyclic) bond motifs is 6. The van der Waals surface area contributed by atoms with Gasteiger partial charge in [0.15, 0.2) is 0 Å². The van der Waals surface area contributed by atoms with Crippen molar-refractivity contribution < 1.29 is 0 Å². The van der Waals surface area contributed by atoms with Crippen LogP contribution in [-0.4, -0.2) is 6.04 Å². The van der Waals surface area contributed by atoms with Crippen molar-refractivity contribution in [2.75, 3.05) is 0 Å². The second-order valence-electron chi connectivity index (χ2n) is 18.6. The molecule has 0 aromatic heterocycles. The predicted molar refractivity (Wildman–Crippen MR) is 177 cm³/mol. The lowest BCUT2D eigenvalue weighted by atomic mass is 9.55. The zero-order chi connectivity index (χ0) is 28.1. The van der Waals surface area contributed by atoms with Gasteiger partial charge in [-0.15, -0.1) is 0 Å². The second-order valence-corrected chi connectivity index (χ2v) is 18.6. The molecule has 2 N–H and O–H groups in total. The van der Waals surface area contributed by atoms with E-state index in [-0.39, 0.29) is 0 Å². The van der Waals surface area contributed by atoms with Crippen molar-refractivity contribution in [3.05, 3.63) is 0 Å². The van der Waals surface area contributed by atoms with Crippen molar-refractivity contribution in [3.8, 4) is 0 Å². The first-order valence-electron chi connectivity index (χ1n) is 20.4. The lowest BCUT2D eigenvalue weighted by molar-refractivity contribution is -0.0139. The maximum Gasteiger partial charge on any atom is 0.00700 e. The summed E-state index contributed by atoms with van der Waals surface area (Å²) >= 11 is 0. The molecule has 0 saturated heterocycles. The van der Waals surface area contributed by atoms with Crippen LogP contribution < -0.4 is 5.73 Å². The number of rotatable bonds is 7. The Balaban J connectivity index is 0.906. The van der Waals surface area contributed by atoms with E-state index in [1.165, 1.54) is 38.5 Å². The molecule has 0 amide bonds. The summed E-state index contributed by atoms with van der Waals surface area (Å²) in [7, 11) is 0. The number of hydrogen-bond donors (Lipinski definition) is 1. The van der Waals surface area contributed by atoms with Gasteiger partial charge in [0.1, 0.15) is 0 Å². The summed E-state index contributed by atoms with van der Waals surface area (Å²) in [6.07, 6.45) is 41.9. The van der Waals surface area contributed by atoms with Gasteiger partial charge in [0.25, 0.3) is 0 Å². The van der Waals surface area contributed by atoms with Crippen LogP contribution >= 0.6 is 0 Å². The average Bonchev–Trinajstić information content (AvgIpc) is 3.78. The zero-order valence-corrected chi connectivity index (χ0v) is 27.7. The normalized spacial score (nSPS) is 50.1. The molecular weight excluding hydrogens is 506 g/mol. The topological polar surface area (TPSA) is 26.0 Å². The molecule has 0 bridgehead atoms. The first-order valence-corrected chi connectivity index (χ1v) is 20.4. The van der Waals surface area contributed by atoms with Crippen molar-refractivity contribution in [1.29, 1.82) is 0 Å². The first kappa shape index (κ1) is 29.4. The van der Waals surface area contributed by atoms with Crippen LogP contribution in [0.1, 0.15) is 173 Å². The van der Waals surface area contributed by atoms with Gasteiger partial charge in [-0.05, 0) is 153 Å². The van der Waals surface area contributed by atoms with Gasteiger partial charge in [-0.2, -0.15) is 0 Å². The van der Waals surface area contributed by atoms with Crippen LogP contribution in [0.3, 0.4) is 0 Å². The molecule has 1 heteroatoms. The Morgan fingerprint density at radius 3 is 2.07 bits per heavy atom. The summed E-state index contributed by atoms with van der Waals surface area (Å²) in [4.78, 5) is 0. The molecule has 8 aliphatic rings. The summed E-state index contributed by atoms with van der Waals surface area (Å²) in [6.45, 7) is 0. The minimum Gasteiger partial charge on any atom is -0.327 e. The first-order chi connectivity index (χ1) is 20.7. The fourth-order valence-electron chi connectivity index (χ4n) is 14.9. The summed E-state index contributed by atoms with van der Waals surface area (Å²) in [5, 5.41) is 0. The Hall–Kier alpha value is -0.0400. The van der Waals surface area contributed by atoms with Gasteiger partial charge in [-0.25, -0.2) is 0 Å². The standard InChI is InChI=1S/C41H69N/c42-38-18-6-4-16-36(38)39-33(21-22-35-34-15-3-5-17-37(34)41(23-24-41)40(35)39)27-30-12-8-10-28(25-30)9-7-11-29-19-20-31-13-1-2-14-32(31)26-29/h28-40H,1-27,42H2. The molecule has 0 aliphatic heterocycles. The van der Waals surface area contributed by atoms with Crippen LogP contribution in [0.25, 0.3) is 0 Å². The van der Waals surface area contributed by atoms with Gasteiger partial charge < -0.3 is 5.73 Å². The van der Waals surface area contributed by atoms with Gasteiger partial charge in [-0.3, -0.25) is 0 Å². The van der Waals surface area contributed by atoms with E-state index in [1.54, 1.807) is 135 Å². The van der Waals surface area contributed by atoms with E-state index in [4.69, 9.17) is 5.73 Å². The molecule has 0 aromatic rings. The summed E-state index contributed by atoms with van der Waals surface area (Å²) in [5.74, 6) is 12.7. The van der Waals surface area contributed by atoms with Crippen molar-refractivity contribution in [2.45, 2.75) is 179 Å². The minimum atomic E-state index is 0.520. The van der Waals surface area contributed by atoms with E-state index in [0.29, 0.717) is 6.04 Å². The van der Waals surface area contributed by atoms with Crippen LogP contribution in [0.15, 0.2) is 0 Å². The van der Waals surface area contributed by atoms with Gasteiger partial charge >= 0.3 is 0 Å². The molecule has 1 nitrogen and oxygen atoms in total. The molecule has 0 radical (unpaired) electrons. The zero-order valence-electron chi connectivity index (χ0n) is 27.7. The maximum absolute atomic E-state index is 7.12. The van der Waals surface area contributed by atoms with E-state index < -0.39 is 0 Å². The Kier molecular flexibility index (Phi) is 8.83. The quantitative estimate of drug-likeness (QED) is 0.321. The van der Waals surface area contributed by atoms with E-state index in [0.717, 1.165) is 76.4 Å². The predicted octanol–water partition coefficient (Wildman–Crippen LogP) is 11.3. The van der Waals surface area contributed by atoms with Crippen LogP contribution in [-0.2, 0) is 0 Å². The fraction of sp³-hybridized carbons (Fsp3) is 1.00.